The zero-order valence-electron chi connectivity index (χ0n) is 7.48. The van der Waals surface area contributed by atoms with Crippen molar-refractivity contribution in [1.82, 2.24) is 4.90 Å². The van der Waals surface area contributed by atoms with Crippen LogP contribution in [0.15, 0.2) is 0 Å². The predicted molar refractivity (Wildman–Crippen MR) is 55.8 cm³/mol. The van der Waals surface area contributed by atoms with Crippen molar-refractivity contribution in [2.75, 3.05) is 37.5 Å². The fourth-order valence-corrected chi connectivity index (χ4v) is 1.64. The smallest absolute Gasteiger partial charge is 0.0351 e. The lowest BCUT2D eigenvalue weighted by Crippen LogP contribution is -2.26. The van der Waals surface area contributed by atoms with Crippen LogP contribution in [0.25, 0.3) is 0 Å². The molecule has 0 atom stereocenters. The molecule has 0 bridgehead atoms. The zero-order chi connectivity index (χ0) is 8.53. The van der Waals surface area contributed by atoms with E-state index >= 15 is 0 Å². The number of hydrogen-bond acceptors (Lipinski definition) is 2. The molecule has 68 valence electrons. The third-order valence-corrected chi connectivity index (χ3v) is 2.54. The summed E-state index contributed by atoms with van der Waals surface area (Å²) in [5, 5.41) is 0. The third kappa shape index (κ3) is 6.98. The fraction of sp³-hybridized carbons (Fsp3) is 1.00. The van der Waals surface area contributed by atoms with Crippen molar-refractivity contribution in [3.63, 3.8) is 0 Å². The Morgan fingerprint density at radius 1 is 1.36 bits per heavy atom. The molecule has 1 nitrogen and oxygen atoms in total. The van der Waals surface area contributed by atoms with Crippen LogP contribution >= 0.6 is 23.4 Å². The summed E-state index contributed by atoms with van der Waals surface area (Å²) >= 11 is 7.55. The van der Waals surface area contributed by atoms with E-state index in [2.05, 4.69) is 18.1 Å². The highest BCUT2D eigenvalue weighted by molar-refractivity contribution is 7.98. The maximum absolute atomic E-state index is 5.64. The van der Waals surface area contributed by atoms with Crippen molar-refractivity contribution in [2.45, 2.75) is 13.3 Å². The van der Waals surface area contributed by atoms with Crippen molar-refractivity contribution in [3.05, 3.63) is 0 Å². The molecule has 0 heterocycles. The summed E-state index contributed by atoms with van der Waals surface area (Å²) in [7, 11) is 0. The van der Waals surface area contributed by atoms with Gasteiger partial charge >= 0.3 is 0 Å². The Morgan fingerprint density at radius 2 is 2.09 bits per heavy atom. The topological polar surface area (TPSA) is 3.24 Å². The molecule has 0 aliphatic rings. The van der Waals surface area contributed by atoms with Crippen LogP contribution in [0.1, 0.15) is 13.3 Å². The second-order valence-corrected chi connectivity index (χ2v) is 3.83. The van der Waals surface area contributed by atoms with Gasteiger partial charge in [-0.15, -0.1) is 11.6 Å². The molecule has 11 heavy (non-hydrogen) atoms. The second kappa shape index (κ2) is 8.69. The quantitative estimate of drug-likeness (QED) is 0.453. The summed E-state index contributed by atoms with van der Waals surface area (Å²) in [6.07, 6.45) is 3.43. The van der Waals surface area contributed by atoms with E-state index in [0.29, 0.717) is 0 Å². The van der Waals surface area contributed by atoms with Crippen LogP contribution < -0.4 is 0 Å². The molecular weight excluding hydrogens is 178 g/mol. The van der Waals surface area contributed by atoms with Gasteiger partial charge < -0.3 is 4.90 Å². The van der Waals surface area contributed by atoms with Crippen LogP contribution in [-0.4, -0.2) is 42.4 Å². The lowest BCUT2D eigenvalue weighted by atomic mass is 10.4. The normalized spacial score (nSPS) is 10.9. The predicted octanol–water partition coefficient (Wildman–Crippen LogP) is 2.30. The van der Waals surface area contributed by atoms with E-state index in [1.807, 2.05) is 11.8 Å². The second-order valence-electron chi connectivity index (χ2n) is 2.47. The van der Waals surface area contributed by atoms with Gasteiger partial charge in [-0.3, -0.25) is 0 Å². The molecule has 0 aromatic heterocycles. The SMILES string of the molecule is CCN(CCCl)CCCSC. The van der Waals surface area contributed by atoms with Crippen LogP contribution in [0, 0.1) is 0 Å². The van der Waals surface area contributed by atoms with Gasteiger partial charge in [-0.1, -0.05) is 6.92 Å². The van der Waals surface area contributed by atoms with Gasteiger partial charge in [0.1, 0.15) is 0 Å². The first-order valence-corrected chi connectivity index (χ1v) is 6.05. The lowest BCUT2D eigenvalue weighted by Gasteiger charge is -2.18. The molecule has 0 aliphatic carbocycles. The Kier molecular flexibility index (Phi) is 9.17. The Hall–Kier alpha value is 0.600. The van der Waals surface area contributed by atoms with Crippen LogP contribution in [0.3, 0.4) is 0 Å². The molecule has 0 unspecified atom stereocenters. The Morgan fingerprint density at radius 3 is 2.55 bits per heavy atom. The fourth-order valence-electron chi connectivity index (χ4n) is 0.980. The molecule has 0 spiro atoms. The van der Waals surface area contributed by atoms with Crippen molar-refractivity contribution < 1.29 is 0 Å². The van der Waals surface area contributed by atoms with Gasteiger partial charge in [0.25, 0.3) is 0 Å². The maximum Gasteiger partial charge on any atom is 0.0351 e. The van der Waals surface area contributed by atoms with Gasteiger partial charge in [-0.05, 0) is 31.5 Å². The molecule has 0 amide bonds. The van der Waals surface area contributed by atoms with E-state index in [0.717, 1.165) is 19.0 Å². The van der Waals surface area contributed by atoms with Gasteiger partial charge in [-0.25, -0.2) is 0 Å². The zero-order valence-corrected chi connectivity index (χ0v) is 9.05. The Bertz CT molecular complexity index is 80.5. The average molecular weight is 196 g/mol. The third-order valence-electron chi connectivity index (χ3n) is 1.67. The number of thioether (sulfide) groups is 1. The molecular formula is C8H18ClNS. The first-order valence-electron chi connectivity index (χ1n) is 4.12. The molecule has 0 radical (unpaired) electrons. The van der Waals surface area contributed by atoms with Crippen LogP contribution in [0.2, 0.25) is 0 Å². The molecule has 0 saturated heterocycles. The Balaban J connectivity index is 3.20. The molecule has 0 aromatic rings. The van der Waals surface area contributed by atoms with E-state index in [1.165, 1.54) is 18.7 Å². The number of halogens is 1. The number of nitrogens with zero attached hydrogens (tertiary/aromatic N) is 1. The summed E-state index contributed by atoms with van der Waals surface area (Å²) in [6, 6.07) is 0. The van der Waals surface area contributed by atoms with E-state index in [9.17, 15) is 0 Å². The van der Waals surface area contributed by atoms with Gasteiger partial charge in [-0.2, -0.15) is 11.8 Å². The van der Waals surface area contributed by atoms with E-state index in [-0.39, 0.29) is 0 Å². The van der Waals surface area contributed by atoms with Gasteiger partial charge in [0.15, 0.2) is 0 Å². The van der Waals surface area contributed by atoms with E-state index in [4.69, 9.17) is 11.6 Å². The molecule has 0 N–H and O–H groups in total. The summed E-state index contributed by atoms with van der Waals surface area (Å²) in [5.74, 6) is 2.02. The molecule has 0 aromatic carbocycles. The number of rotatable bonds is 7. The lowest BCUT2D eigenvalue weighted by molar-refractivity contribution is 0.307. The standard InChI is InChI=1S/C8H18ClNS/c1-3-10(7-5-9)6-4-8-11-2/h3-8H2,1-2H3. The minimum atomic E-state index is 0.757. The Labute approximate surface area is 79.5 Å². The van der Waals surface area contributed by atoms with Gasteiger partial charge in [0, 0.05) is 12.4 Å². The molecule has 0 rings (SSSR count). The molecule has 0 aliphatic heterocycles. The van der Waals surface area contributed by atoms with Gasteiger partial charge in [0.2, 0.25) is 0 Å². The maximum atomic E-state index is 5.64. The van der Waals surface area contributed by atoms with Crippen molar-refractivity contribution >= 4 is 23.4 Å². The largest absolute Gasteiger partial charge is 0.302 e. The highest BCUT2D eigenvalue weighted by atomic mass is 35.5. The summed E-state index contributed by atoms with van der Waals surface area (Å²) in [6.45, 7) is 5.54. The van der Waals surface area contributed by atoms with Crippen LogP contribution in [-0.2, 0) is 0 Å². The highest BCUT2D eigenvalue weighted by Crippen LogP contribution is 1.98. The molecule has 0 fully saturated rings. The molecule has 0 saturated carbocycles. The van der Waals surface area contributed by atoms with E-state index < -0.39 is 0 Å². The van der Waals surface area contributed by atoms with Crippen molar-refractivity contribution in [2.24, 2.45) is 0 Å². The summed E-state index contributed by atoms with van der Waals surface area (Å²) in [4.78, 5) is 2.39. The van der Waals surface area contributed by atoms with Gasteiger partial charge in [0.05, 0.1) is 0 Å². The van der Waals surface area contributed by atoms with Crippen LogP contribution in [0.4, 0.5) is 0 Å². The van der Waals surface area contributed by atoms with Crippen LogP contribution in [0.5, 0.6) is 0 Å². The van der Waals surface area contributed by atoms with E-state index in [1.54, 1.807) is 0 Å². The summed E-state index contributed by atoms with van der Waals surface area (Å²) in [5.41, 5.74) is 0. The monoisotopic (exact) mass is 195 g/mol. The molecule has 3 heteroatoms. The summed E-state index contributed by atoms with van der Waals surface area (Å²) < 4.78 is 0. The first-order chi connectivity index (χ1) is 5.35. The average Bonchev–Trinajstić information content (AvgIpc) is 2.03. The highest BCUT2D eigenvalue weighted by Gasteiger charge is 1.98. The number of hydrogen-bond donors (Lipinski definition) is 0. The number of alkyl halides is 1. The van der Waals surface area contributed by atoms with Crippen molar-refractivity contribution in [3.8, 4) is 0 Å². The van der Waals surface area contributed by atoms with Crippen molar-refractivity contribution in [1.29, 1.82) is 0 Å². The minimum Gasteiger partial charge on any atom is -0.302 e. The minimum absolute atomic E-state index is 0.757. The first kappa shape index (κ1) is 11.6.